The maximum Gasteiger partial charge on any atom is 0.330 e. The highest BCUT2D eigenvalue weighted by atomic mass is 16.5. The molecular formula is C14H22N2O3. The number of nitrogens with zero attached hydrogens (tertiary/aromatic N) is 2. The summed E-state index contributed by atoms with van der Waals surface area (Å²) < 4.78 is 8.49. The highest BCUT2D eigenvalue weighted by Crippen LogP contribution is 2.16. The minimum atomic E-state index is -0.204. The van der Waals surface area contributed by atoms with Crippen molar-refractivity contribution in [1.82, 2.24) is 9.13 Å². The van der Waals surface area contributed by atoms with Crippen LogP contribution >= 0.6 is 0 Å². The molecule has 1 fully saturated rings. The van der Waals surface area contributed by atoms with Crippen LogP contribution in [0.1, 0.15) is 39.0 Å². The topological polar surface area (TPSA) is 53.2 Å². The molecule has 1 unspecified atom stereocenters. The van der Waals surface area contributed by atoms with Crippen LogP contribution in [0.4, 0.5) is 0 Å². The molecule has 1 aromatic rings. The summed E-state index contributed by atoms with van der Waals surface area (Å²) in [7, 11) is 0. The van der Waals surface area contributed by atoms with E-state index < -0.39 is 0 Å². The van der Waals surface area contributed by atoms with Crippen LogP contribution in [0.15, 0.2) is 21.9 Å². The van der Waals surface area contributed by atoms with Crippen LogP contribution in [0.25, 0.3) is 0 Å². The molecule has 0 amide bonds. The first-order chi connectivity index (χ1) is 9.22. The van der Waals surface area contributed by atoms with Crippen molar-refractivity contribution in [2.75, 3.05) is 6.61 Å². The first-order valence-corrected chi connectivity index (χ1v) is 7.14. The fraction of sp³-hybridized carbons (Fsp3) is 0.714. The lowest BCUT2D eigenvalue weighted by molar-refractivity contribution is 0.101. The lowest BCUT2D eigenvalue weighted by Gasteiger charge is -2.11. The van der Waals surface area contributed by atoms with Crippen LogP contribution in [0.3, 0.4) is 0 Å². The van der Waals surface area contributed by atoms with Crippen molar-refractivity contribution in [3.63, 3.8) is 0 Å². The summed E-state index contributed by atoms with van der Waals surface area (Å²) in [4.78, 5) is 23.8. The first-order valence-electron chi connectivity index (χ1n) is 7.14. The number of hydrogen-bond acceptors (Lipinski definition) is 3. The zero-order valence-electron chi connectivity index (χ0n) is 11.5. The Balaban J connectivity index is 2.00. The molecule has 1 saturated heterocycles. The monoisotopic (exact) mass is 266 g/mol. The summed E-state index contributed by atoms with van der Waals surface area (Å²) in [5, 5.41) is 0. The molecule has 1 aliphatic rings. The molecule has 0 radical (unpaired) electrons. The molecule has 2 rings (SSSR count). The van der Waals surface area contributed by atoms with Gasteiger partial charge in [-0.15, -0.1) is 0 Å². The van der Waals surface area contributed by atoms with Crippen LogP contribution in [0, 0.1) is 0 Å². The van der Waals surface area contributed by atoms with Crippen LogP contribution in [-0.2, 0) is 17.8 Å². The van der Waals surface area contributed by atoms with Gasteiger partial charge in [-0.05, 0) is 32.1 Å². The molecule has 1 aromatic heterocycles. The molecule has 0 bridgehead atoms. The van der Waals surface area contributed by atoms with Gasteiger partial charge < -0.3 is 9.30 Å². The van der Waals surface area contributed by atoms with Gasteiger partial charge in [-0.3, -0.25) is 9.36 Å². The normalized spacial score (nSPS) is 18.9. The number of aromatic nitrogens is 2. The zero-order valence-corrected chi connectivity index (χ0v) is 11.5. The van der Waals surface area contributed by atoms with Gasteiger partial charge >= 0.3 is 5.69 Å². The molecule has 106 valence electrons. The van der Waals surface area contributed by atoms with Crippen molar-refractivity contribution >= 4 is 0 Å². The van der Waals surface area contributed by atoms with E-state index in [1.54, 1.807) is 10.8 Å². The minimum absolute atomic E-state index is 0.193. The summed E-state index contributed by atoms with van der Waals surface area (Å²) in [6.07, 6.45) is 6.75. The van der Waals surface area contributed by atoms with Gasteiger partial charge in [0.15, 0.2) is 0 Å². The van der Waals surface area contributed by atoms with Crippen LogP contribution in [0.2, 0.25) is 0 Å². The molecule has 0 aromatic carbocycles. The van der Waals surface area contributed by atoms with E-state index in [0.29, 0.717) is 19.2 Å². The predicted octanol–water partition coefficient (Wildman–Crippen LogP) is 1.38. The van der Waals surface area contributed by atoms with Gasteiger partial charge in [0, 0.05) is 32.0 Å². The highest BCUT2D eigenvalue weighted by molar-refractivity contribution is 4.86. The van der Waals surface area contributed by atoms with E-state index in [-0.39, 0.29) is 11.2 Å². The summed E-state index contributed by atoms with van der Waals surface area (Å²) in [5.41, 5.74) is -0.397. The largest absolute Gasteiger partial charge is 0.378 e. The van der Waals surface area contributed by atoms with E-state index in [2.05, 4.69) is 0 Å². The van der Waals surface area contributed by atoms with Crippen molar-refractivity contribution < 1.29 is 4.74 Å². The van der Waals surface area contributed by atoms with E-state index in [1.807, 2.05) is 6.92 Å². The van der Waals surface area contributed by atoms with Crippen molar-refractivity contribution in [3.05, 3.63) is 33.1 Å². The van der Waals surface area contributed by atoms with Crippen molar-refractivity contribution in [2.45, 2.75) is 58.2 Å². The Bertz CT molecular complexity index is 512. The average molecular weight is 266 g/mol. The Hall–Kier alpha value is -1.36. The van der Waals surface area contributed by atoms with Gasteiger partial charge in [0.1, 0.15) is 0 Å². The molecule has 0 spiro atoms. The predicted molar refractivity (Wildman–Crippen MR) is 73.5 cm³/mol. The molecule has 1 aliphatic heterocycles. The Morgan fingerprint density at radius 3 is 2.89 bits per heavy atom. The Kier molecular flexibility index (Phi) is 4.96. The zero-order chi connectivity index (χ0) is 13.7. The minimum Gasteiger partial charge on any atom is -0.378 e. The van der Waals surface area contributed by atoms with Crippen molar-refractivity contribution in [2.24, 2.45) is 0 Å². The first kappa shape index (κ1) is 14.1. The molecule has 2 heterocycles. The Morgan fingerprint density at radius 1 is 1.37 bits per heavy atom. The van der Waals surface area contributed by atoms with E-state index in [1.165, 1.54) is 10.6 Å². The summed E-state index contributed by atoms with van der Waals surface area (Å²) >= 11 is 0. The van der Waals surface area contributed by atoms with E-state index in [9.17, 15) is 9.59 Å². The molecule has 0 aliphatic carbocycles. The molecular weight excluding hydrogens is 244 g/mol. The maximum atomic E-state index is 12.1. The molecule has 5 nitrogen and oxygen atoms in total. The van der Waals surface area contributed by atoms with Gasteiger partial charge in [-0.1, -0.05) is 6.92 Å². The summed E-state index contributed by atoms with van der Waals surface area (Å²) in [6, 6.07) is 1.48. The maximum absolute atomic E-state index is 12.1. The smallest absolute Gasteiger partial charge is 0.330 e. The molecule has 1 atom stereocenters. The SMILES string of the molecule is CCCn1ccc(=O)n(CCCC2CCCO2)c1=O. The lowest BCUT2D eigenvalue weighted by atomic mass is 10.1. The van der Waals surface area contributed by atoms with Gasteiger partial charge in [0.2, 0.25) is 0 Å². The van der Waals surface area contributed by atoms with E-state index in [4.69, 9.17) is 4.74 Å². The van der Waals surface area contributed by atoms with Gasteiger partial charge in [-0.25, -0.2) is 4.79 Å². The second-order valence-corrected chi connectivity index (χ2v) is 5.06. The molecule has 0 N–H and O–H groups in total. The van der Waals surface area contributed by atoms with Crippen LogP contribution in [-0.4, -0.2) is 21.8 Å². The quantitative estimate of drug-likeness (QED) is 0.781. The second-order valence-electron chi connectivity index (χ2n) is 5.06. The van der Waals surface area contributed by atoms with Crippen LogP contribution < -0.4 is 11.2 Å². The molecule has 5 heteroatoms. The molecule has 19 heavy (non-hydrogen) atoms. The number of ether oxygens (including phenoxy) is 1. The highest BCUT2D eigenvalue weighted by Gasteiger charge is 2.15. The third kappa shape index (κ3) is 3.56. The standard InChI is InChI=1S/C14H22N2O3/c1-2-8-15-10-7-13(17)16(14(15)18)9-3-5-12-6-4-11-19-12/h7,10,12H,2-6,8-9,11H2,1H3. The Labute approximate surface area is 112 Å². The third-order valence-corrected chi connectivity index (χ3v) is 3.54. The summed E-state index contributed by atoms with van der Waals surface area (Å²) in [6.45, 7) is 4.01. The van der Waals surface area contributed by atoms with E-state index in [0.717, 1.165) is 38.7 Å². The van der Waals surface area contributed by atoms with Crippen LogP contribution in [0.5, 0.6) is 0 Å². The fourth-order valence-corrected chi connectivity index (χ4v) is 2.52. The fourth-order valence-electron chi connectivity index (χ4n) is 2.52. The van der Waals surface area contributed by atoms with Crippen molar-refractivity contribution in [3.8, 4) is 0 Å². The average Bonchev–Trinajstić information content (AvgIpc) is 2.90. The number of rotatable bonds is 6. The molecule has 0 saturated carbocycles. The second kappa shape index (κ2) is 6.70. The van der Waals surface area contributed by atoms with Crippen molar-refractivity contribution in [1.29, 1.82) is 0 Å². The van der Waals surface area contributed by atoms with Gasteiger partial charge in [-0.2, -0.15) is 0 Å². The third-order valence-electron chi connectivity index (χ3n) is 3.54. The van der Waals surface area contributed by atoms with Gasteiger partial charge in [0.25, 0.3) is 5.56 Å². The lowest BCUT2D eigenvalue weighted by Crippen LogP contribution is -2.39. The Morgan fingerprint density at radius 2 is 2.21 bits per heavy atom. The summed E-state index contributed by atoms with van der Waals surface area (Å²) in [5.74, 6) is 0. The number of hydrogen-bond donors (Lipinski definition) is 0. The number of aryl methyl sites for hydroxylation is 1. The van der Waals surface area contributed by atoms with Gasteiger partial charge in [0.05, 0.1) is 6.10 Å². The van der Waals surface area contributed by atoms with E-state index >= 15 is 0 Å².